The van der Waals surface area contributed by atoms with Gasteiger partial charge < -0.3 is 9.47 Å². The fraction of sp³-hybridized carbons (Fsp3) is 0.312. The molecular formula is C16H15ClO3S. The number of benzene rings is 1. The van der Waals surface area contributed by atoms with Gasteiger partial charge in [-0.05, 0) is 43.0 Å². The number of thiophene rings is 1. The number of aryl methyl sites for hydroxylation is 2. The third-order valence-electron chi connectivity index (χ3n) is 3.70. The highest BCUT2D eigenvalue weighted by atomic mass is 35.5. The minimum atomic E-state index is -0.0456. The summed E-state index contributed by atoms with van der Waals surface area (Å²) in [5.74, 6) is 0.823. The van der Waals surface area contributed by atoms with E-state index in [1.54, 1.807) is 23.5 Å². The standard InChI is InChI=1S/C16H15ClO3S/c1-19-11-7-6-10(16(20-2)14(11)17)15(18)13-8-9-4-3-5-12(9)21-13/h6-8H,3-5H2,1-2H3. The van der Waals surface area contributed by atoms with Crippen LogP contribution in [-0.4, -0.2) is 20.0 Å². The summed E-state index contributed by atoms with van der Waals surface area (Å²) in [5, 5.41) is 0.329. The van der Waals surface area contributed by atoms with E-state index in [1.165, 1.54) is 31.1 Å². The van der Waals surface area contributed by atoms with Gasteiger partial charge in [-0.3, -0.25) is 4.79 Å². The van der Waals surface area contributed by atoms with E-state index in [2.05, 4.69) is 0 Å². The van der Waals surface area contributed by atoms with Gasteiger partial charge in [-0.2, -0.15) is 0 Å². The van der Waals surface area contributed by atoms with E-state index in [0.29, 0.717) is 22.1 Å². The van der Waals surface area contributed by atoms with Gasteiger partial charge in [0.25, 0.3) is 0 Å². The fourth-order valence-electron chi connectivity index (χ4n) is 2.65. The number of halogens is 1. The normalized spacial score (nSPS) is 13.1. The summed E-state index contributed by atoms with van der Waals surface area (Å²) in [5.41, 5.74) is 1.78. The van der Waals surface area contributed by atoms with Gasteiger partial charge in [0.2, 0.25) is 5.78 Å². The first-order valence-corrected chi connectivity index (χ1v) is 7.92. The molecule has 0 atom stereocenters. The molecule has 110 valence electrons. The lowest BCUT2D eigenvalue weighted by Crippen LogP contribution is -2.03. The van der Waals surface area contributed by atoms with Crippen LogP contribution in [0, 0.1) is 0 Å². The van der Waals surface area contributed by atoms with Crippen molar-refractivity contribution in [1.29, 1.82) is 0 Å². The van der Waals surface area contributed by atoms with Crippen molar-refractivity contribution in [3.8, 4) is 11.5 Å². The molecule has 0 radical (unpaired) electrons. The molecule has 1 aliphatic rings. The van der Waals surface area contributed by atoms with Crippen LogP contribution in [0.1, 0.15) is 32.1 Å². The molecule has 2 aromatic rings. The van der Waals surface area contributed by atoms with Crippen molar-refractivity contribution in [2.75, 3.05) is 14.2 Å². The first-order chi connectivity index (χ1) is 10.2. The molecule has 21 heavy (non-hydrogen) atoms. The van der Waals surface area contributed by atoms with Crippen molar-refractivity contribution in [3.05, 3.63) is 44.1 Å². The third kappa shape index (κ3) is 2.43. The molecule has 3 nitrogen and oxygen atoms in total. The molecule has 0 fully saturated rings. The summed E-state index contributed by atoms with van der Waals surface area (Å²) in [6.45, 7) is 0. The molecule has 1 aromatic heterocycles. The van der Waals surface area contributed by atoms with Crippen LogP contribution in [0.5, 0.6) is 11.5 Å². The van der Waals surface area contributed by atoms with Crippen LogP contribution in [0.15, 0.2) is 18.2 Å². The average Bonchev–Trinajstić information content (AvgIpc) is 3.07. The second kappa shape index (κ2) is 5.70. The molecule has 1 aromatic carbocycles. The van der Waals surface area contributed by atoms with Crippen LogP contribution in [-0.2, 0) is 12.8 Å². The number of rotatable bonds is 4. The number of carbonyl (C=O) groups excluding carboxylic acids is 1. The Kier molecular flexibility index (Phi) is 3.91. The first kappa shape index (κ1) is 14.4. The van der Waals surface area contributed by atoms with Gasteiger partial charge in [0.15, 0.2) is 5.75 Å². The molecule has 0 saturated carbocycles. The van der Waals surface area contributed by atoms with Gasteiger partial charge in [-0.1, -0.05) is 11.6 Å². The van der Waals surface area contributed by atoms with Crippen molar-refractivity contribution >= 4 is 28.7 Å². The fourth-order valence-corrected chi connectivity index (χ4v) is 4.17. The molecule has 0 N–H and O–H groups in total. The van der Waals surface area contributed by atoms with Crippen LogP contribution < -0.4 is 9.47 Å². The van der Waals surface area contributed by atoms with Crippen molar-refractivity contribution in [2.45, 2.75) is 19.3 Å². The zero-order chi connectivity index (χ0) is 15.0. The molecule has 5 heteroatoms. The molecular weight excluding hydrogens is 308 g/mol. The second-order valence-electron chi connectivity index (χ2n) is 4.90. The third-order valence-corrected chi connectivity index (χ3v) is 5.29. The van der Waals surface area contributed by atoms with E-state index < -0.39 is 0 Å². The largest absolute Gasteiger partial charge is 0.495 e. The van der Waals surface area contributed by atoms with Gasteiger partial charge in [-0.15, -0.1) is 11.3 Å². The van der Waals surface area contributed by atoms with Crippen LogP contribution in [0.3, 0.4) is 0 Å². The second-order valence-corrected chi connectivity index (χ2v) is 6.42. The highest BCUT2D eigenvalue weighted by Gasteiger charge is 2.23. The first-order valence-electron chi connectivity index (χ1n) is 6.72. The lowest BCUT2D eigenvalue weighted by atomic mass is 10.1. The Bertz CT molecular complexity index is 684. The van der Waals surface area contributed by atoms with E-state index >= 15 is 0 Å². The topological polar surface area (TPSA) is 35.5 Å². The lowest BCUT2D eigenvalue weighted by Gasteiger charge is -2.11. The van der Waals surface area contributed by atoms with Gasteiger partial charge in [0.1, 0.15) is 10.8 Å². The summed E-state index contributed by atoms with van der Waals surface area (Å²) >= 11 is 7.80. The molecule has 0 saturated heterocycles. The molecule has 1 heterocycles. The highest BCUT2D eigenvalue weighted by molar-refractivity contribution is 7.14. The highest BCUT2D eigenvalue weighted by Crippen LogP contribution is 2.39. The Balaban J connectivity index is 2.02. The molecule has 0 unspecified atom stereocenters. The number of hydrogen-bond acceptors (Lipinski definition) is 4. The predicted octanol–water partition coefficient (Wildman–Crippen LogP) is 4.14. The minimum Gasteiger partial charge on any atom is -0.495 e. The van der Waals surface area contributed by atoms with Crippen molar-refractivity contribution < 1.29 is 14.3 Å². The number of carbonyl (C=O) groups is 1. The van der Waals surface area contributed by atoms with Crippen molar-refractivity contribution in [1.82, 2.24) is 0 Å². The average molecular weight is 323 g/mol. The zero-order valence-electron chi connectivity index (χ0n) is 11.9. The van der Waals surface area contributed by atoms with E-state index in [4.69, 9.17) is 21.1 Å². The quantitative estimate of drug-likeness (QED) is 0.794. The summed E-state index contributed by atoms with van der Waals surface area (Å²) in [6, 6.07) is 5.41. The van der Waals surface area contributed by atoms with E-state index in [-0.39, 0.29) is 5.78 Å². The Morgan fingerprint density at radius 1 is 1.24 bits per heavy atom. The Hall–Kier alpha value is -1.52. The van der Waals surface area contributed by atoms with E-state index in [9.17, 15) is 4.79 Å². The summed E-state index contributed by atoms with van der Waals surface area (Å²) in [4.78, 5) is 14.8. The van der Waals surface area contributed by atoms with E-state index in [1.807, 2.05) is 6.07 Å². The molecule has 3 rings (SSSR count). The Morgan fingerprint density at radius 2 is 2.05 bits per heavy atom. The summed E-state index contributed by atoms with van der Waals surface area (Å²) in [7, 11) is 3.04. The van der Waals surface area contributed by atoms with Gasteiger partial charge >= 0.3 is 0 Å². The number of fused-ring (bicyclic) bond motifs is 1. The zero-order valence-corrected chi connectivity index (χ0v) is 13.4. The Morgan fingerprint density at radius 3 is 2.71 bits per heavy atom. The maximum absolute atomic E-state index is 12.7. The number of methoxy groups -OCH3 is 2. The maximum atomic E-state index is 12.7. The predicted molar refractivity (Wildman–Crippen MR) is 84.3 cm³/mol. The van der Waals surface area contributed by atoms with Crippen molar-refractivity contribution in [3.63, 3.8) is 0 Å². The SMILES string of the molecule is COc1ccc(C(=O)c2cc3c(s2)CCC3)c(OC)c1Cl. The molecule has 0 amide bonds. The molecule has 0 spiro atoms. The smallest absolute Gasteiger partial charge is 0.206 e. The van der Waals surface area contributed by atoms with Crippen LogP contribution >= 0.6 is 22.9 Å². The van der Waals surface area contributed by atoms with Gasteiger partial charge in [0, 0.05) is 4.88 Å². The minimum absolute atomic E-state index is 0.0456. The van der Waals surface area contributed by atoms with Gasteiger partial charge in [0.05, 0.1) is 24.7 Å². The number of hydrogen-bond donors (Lipinski definition) is 0. The van der Waals surface area contributed by atoms with Crippen molar-refractivity contribution in [2.24, 2.45) is 0 Å². The summed E-state index contributed by atoms with van der Waals surface area (Å²) < 4.78 is 10.5. The number of ether oxygens (including phenoxy) is 2. The lowest BCUT2D eigenvalue weighted by molar-refractivity contribution is 0.103. The maximum Gasteiger partial charge on any atom is 0.206 e. The number of ketones is 1. The van der Waals surface area contributed by atoms with Gasteiger partial charge in [-0.25, -0.2) is 0 Å². The van der Waals surface area contributed by atoms with Crippen LogP contribution in [0.4, 0.5) is 0 Å². The molecule has 0 bridgehead atoms. The molecule has 0 aliphatic heterocycles. The van der Waals surface area contributed by atoms with E-state index in [0.717, 1.165) is 17.7 Å². The van der Waals surface area contributed by atoms with Crippen LogP contribution in [0.2, 0.25) is 5.02 Å². The summed E-state index contributed by atoms with van der Waals surface area (Å²) in [6.07, 6.45) is 3.33. The molecule has 1 aliphatic carbocycles. The Labute approximate surface area is 132 Å². The monoisotopic (exact) mass is 322 g/mol. The van der Waals surface area contributed by atoms with Crippen LogP contribution in [0.25, 0.3) is 0 Å².